The molecule has 2 fully saturated rings. The zero-order valence-corrected chi connectivity index (χ0v) is 21.7. The van der Waals surface area contributed by atoms with Crippen molar-refractivity contribution in [2.24, 2.45) is 0 Å². The van der Waals surface area contributed by atoms with Crippen molar-refractivity contribution in [2.75, 3.05) is 39.5 Å². The summed E-state index contributed by atoms with van der Waals surface area (Å²) in [5.74, 6) is -0.0333. The topological polar surface area (TPSA) is 81.1 Å². The van der Waals surface area contributed by atoms with Gasteiger partial charge in [-0.2, -0.15) is 0 Å². The van der Waals surface area contributed by atoms with E-state index < -0.39 is 11.1 Å². The number of benzene rings is 2. The number of hydrogen-bond acceptors (Lipinski definition) is 6. The monoisotopic (exact) mass is 539 g/mol. The number of amides is 3. The van der Waals surface area contributed by atoms with E-state index in [-0.39, 0.29) is 12.5 Å². The molecule has 0 aliphatic carbocycles. The lowest BCUT2D eigenvalue weighted by Crippen LogP contribution is -2.46. The van der Waals surface area contributed by atoms with Crippen LogP contribution in [0, 0.1) is 0 Å². The first-order chi connectivity index (χ1) is 18.0. The first kappa shape index (κ1) is 25.4. The number of thioether (sulfide) groups is 1. The summed E-state index contributed by atoms with van der Waals surface area (Å²) in [7, 11) is 0. The molecule has 2 aliphatic heterocycles. The van der Waals surface area contributed by atoms with Gasteiger partial charge in [-0.3, -0.25) is 19.3 Å². The number of hydrogen-bond donors (Lipinski definition) is 0. The van der Waals surface area contributed by atoms with Crippen molar-refractivity contribution >= 4 is 57.4 Å². The average Bonchev–Trinajstić information content (AvgIpc) is 3.40. The van der Waals surface area contributed by atoms with Crippen molar-refractivity contribution < 1.29 is 23.9 Å². The molecule has 2 saturated heterocycles. The van der Waals surface area contributed by atoms with Crippen molar-refractivity contribution in [3.05, 3.63) is 70.2 Å². The molecule has 192 valence electrons. The number of morpholine rings is 1. The highest BCUT2D eigenvalue weighted by molar-refractivity contribution is 8.18. The zero-order chi connectivity index (χ0) is 25.8. The summed E-state index contributed by atoms with van der Waals surface area (Å²) in [4.78, 5) is 41.2. The molecule has 8 nitrogen and oxygen atoms in total. The molecule has 0 N–H and O–H groups in total. The fourth-order valence-electron chi connectivity index (χ4n) is 4.38. The molecule has 0 unspecified atom stereocenters. The van der Waals surface area contributed by atoms with Crippen molar-refractivity contribution in [3.8, 4) is 5.75 Å². The van der Waals surface area contributed by atoms with E-state index >= 15 is 0 Å². The highest BCUT2D eigenvalue weighted by atomic mass is 35.5. The summed E-state index contributed by atoms with van der Waals surface area (Å²) < 4.78 is 13.2. The summed E-state index contributed by atoms with van der Waals surface area (Å²) in [6.45, 7) is 2.81. The van der Waals surface area contributed by atoms with Crippen molar-refractivity contribution in [1.29, 1.82) is 0 Å². The molecule has 3 aromatic rings. The number of rotatable bonds is 8. The van der Waals surface area contributed by atoms with E-state index in [4.69, 9.17) is 21.1 Å². The largest absolute Gasteiger partial charge is 0.492 e. The van der Waals surface area contributed by atoms with Gasteiger partial charge in [-0.25, -0.2) is 0 Å². The van der Waals surface area contributed by atoms with Crippen LogP contribution in [0.4, 0.5) is 4.79 Å². The standard InChI is InChI=1S/C27H26ClN3O5S/c28-21-7-2-4-9-23(21)36-13-5-10-30-17-19(20-6-1-3-8-22(20)30)16-24-26(33)31(27(34)37-24)18-25(32)29-11-14-35-15-12-29/h1-4,6-9,16-17H,5,10-15,18H2/b24-16-. The molecule has 10 heteroatoms. The van der Waals surface area contributed by atoms with Crippen molar-refractivity contribution in [2.45, 2.75) is 13.0 Å². The molecule has 0 atom stereocenters. The first-order valence-corrected chi connectivity index (χ1v) is 13.3. The second-order valence-corrected chi connectivity index (χ2v) is 10.1. The van der Waals surface area contributed by atoms with Crippen LogP contribution in [0.25, 0.3) is 17.0 Å². The Bertz CT molecular complexity index is 1370. The Hall–Kier alpha value is -3.27. The Morgan fingerprint density at radius 2 is 1.84 bits per heavy atom. The van der Waals surface area contributed by atoms with E-state index in [2.05, 4.69) is 4.57 Å². The summed E-state index contributed by atoms with van der Waals surface area (Å²) in [6, 6.07) is 15.3. The minimum atomic E-state index is -0.443. The zero-order valence-electron chi connectivity index (χ0n) is 20.1. The van der Waals surface area contributed by atoms with Gasteiger partial charge in [0.1, 0.15) is 12.3 Å². The number of ether oxygens (including phenoxy) is 2. The van der Waals surface area contributed by atoms with Gasteiger partial charge in [-0.1, -0.05) is 41.9 Å². The number of carbonyl (C=O) groups is 3. The lowest BCUT2D eigenvalue weighted by molar-refractivity contribution is -0.139. The van der Waals surface area contributed by atoms with E-state index in [0.717, 1.165) is 39.5 Å². The Balaban J connectivity index is 1.28. The number of halogens is 1. The van der Waals surface area contributed by atoms with Gasteiger partial charge in [-0.15, -0.1) is 0 Å². The lowest BCUT2D eigenvalue weighted by Gasteiger charge is -2.28. The fraction of sp³-hybridized carbons (Fsp3) is 0.296. The van der Waals surface area contributed by atoms with Crippen LogP contribution in [0.3, 0.4) is 0 Å². The molecule has 2 aromatic carbocycles. The maximum absolute atomic E-state index is 13.0. The van der Waals surface area contributed by atoms with Crippen LogP contribution in [0.5, 0.6) is 5.75 Å². The van der Waals surface area contributed by atoms with Crippen LogP contribution in [0.15, 0.2) is 59.6 Å². The molecule has 2 aliphatic rings. The second kappa shape index (κ2) is 11.4. The van der Waals surface area contributed by atoms with Gasteiger partial charge in [0, 0.05) is 42.3 Å². The van der Waals surface area contributed by atoms with Gasteiger partial charge in [0.15, 0.2) is 0 Å². The number of imide groups is 1. The van der Waals surface area contributed by atoms with Gasteiger partial charge >= 0.3 is 0 Å². The molecule has 3 heterocycles. The third kappa shape index (κ3) is 5.69. The van der Waals surface area contributed by atoms with Crippen LogP contribution in [0.2, 0.25) is 5.02 Å². The first-order valence-electron chi connectivity index (χ1n) is 12.1. The number of aromatic nitrogens is 1. The summed E-state index contributed by atoms with van der Waals surface area (Å²) >= 11 is 7.03. The molecule has 0 radical (unpaired) electrons. The van der Waals surface area contributed by atoms with Gasteiger partial charge in [-0.05, 0) is 42.5 Å². The van der Waals surface area contributed by atoms with E-state index in [1.54, 1.807) is 17.0 Å². The van der Waals surface area contributed by atoms with E-state index in [1.807, 2.05) is 48.7 Å². The fourth-order valence-corrected chi connectivity index (χ4v) is 5.40. The molecule has 5 rings (SSSR count). The smallest absolute Gasteiger partial charge is 0.294 e. The van der Waals surface area contributed by atoms with E-state index in [1.165, 1.54) is 0 Å². The molecule has 37 heavy (non-hydrogen) atoms. The predicted molar refractivity (Wildman–Crippen MR) is 144 cm³/mol. The Kier molecular flexibility index (Phi) is 7.83. The summed E-state index contributed by atoms with van der Waals surface area (Å²) in [5.41, 5.74) is 1.86. The SMILES string of the molecule is O=C(CN1C(=O)S/C(=C\c2cn(CCCOc3ccccc3Cl)c3ccccc23)C1=O)N1CCOCC1. The highest BCUT2D eigenvalue weighted by Gasteiger charge is 2.37. The van der Waals surface area contributed by atoms with Gasteiger partial charge in [0.25, 0.3) is 11.1 Å². The van der Waals surface area contributed by atoms with Crippen molar-refractivity contribution in [1.82, 2.24) is 14.4 Å². The number of nitrogens with zero attached hydrogens (tertiary/aromatic N) is 3. The van der Waals surface area contributed by atoms with E-state index in [9.17, 15) is 14.4 Å². The van der Waals surface area contributed by atoms with Crippen molar-refractivity contribution in [3.63, 3.8) is 0 Å². The molecule has 0 spiro atoms. The van der Waals surface area contributed by atoms with Gasteiger partial charge in [0.2, 0.25) is 5.91 Å². The van der Waals surface area contributed by atoms with Gasteiger partial charge < -0.3 is 18.9 Å². The van der Waals surface area contributed by atoms with Crippen LogP contribution in [0.1, 0.15) is 12.0 Å². The van der Waals surface area contributed by atoms with Crippen LogP contribution < -0.4 is 4.74 Å². The molecule has 0 bridgehead atoms. The minimum Gasteiger partial charge on any atom is -0.492 e. The highest BCUT2D eigenvalue weighted by Crippen LogP contribution is 2.34. The van der Waals surface area contributed by atoms with Crippen LogP contribution in [-0.4, -0.2) is 70.9 Å². The molecule has 3 amide bonds. The van der Waals surface area contributed by atoms with Crippen LogP contribution >= 0.6 is 23.4 Å². The van der Waals surface area contributed by atoms with Crippen LogP contribution in [-0.2, 0) is 20.9 Å². The Morgan fingerprint density at radius 1 is 1.08 bits per heavy atom. The normalized spacial score (nSPS) is 17.3. The third-order valence-electron chi connectivity index (χ3n) is 6.27. The predicted octanol–water partition coefficient (Wildman–Crippen LogP) is 4.66. The number of fused-ring (bicyclic) bond motifs is 1. The molecular formula is C27H26ClN3O5S. The maximum Gasteiger partial charge on any atom is 0.294 e. The number of aryl methyl sites for hydroxylation is 1. The Labute approximate surface area is 223 Å². The average molecular weight is 540 g/mol. The van der Waals surface area contributed by atoms with Gasteiger partial charge in [0.05, 0.1) is 29.7 Å². The lowest BCUT2D eigenvalue weighted by atomic mass is 10.1. The summed E-state index contributed by atoms with van der Waals surface area (Å²) in [5, 5.41) is 1.13. The number of carbonyl (C=O) groups excluding carboxylic acids is 3. The molecular weight excluding hydrogens is 514 g/mol. The maximum atomic E-state index is 13.0. The number of para-hydroxylation sites is 2. The molecule has 1 aromatic heterocycles. The minimum absolute atomic E-state index is 0.248. The Morgan fingerprint density at radius 3 is 2.65 bits per heavy atom. The quantitative estimate of drug-likeness (QED) is 0.306. The third-order valence-corrected chi connectivity index (χ3v) is 7.49. The van der Waals surface area contributed by atoms with E-state index in [0.29, 0.717) is 55.1 Å². The summed E-state index contributed by atoms with van der Waals surface area (Å²) in [6.07, 6.45) is 4.47. The second-order valence-electron chi connectivity index (χ2n) is 8.69. The molecule has 0 saturated carbocycles.